The largest absolute Gasteiger partial charge is 0.420 e. The molecular formula is C20H22N4O2S. The van der Waals surface area contributed by atoms with Crippen molar-refractivity contribution in [3.05, 3.63) is 52.5 Å². The molecule has 3 heterocycles. The van der Waals surface area contributed by atoms with E-state index in [0.717, 1.165) is 30.6 Å². The van der Waals surface area contributed by atoms with E-state index in [1.807, 2.05) is 65.0 Å². The lowest BCUT2D eigenvalue weighted by Crippen LogP contribution is -2.39. The number of aromatic nitrogens is 2. The molecule has 140 valence electrons. The van der Waals surface area contributed by atoms with Crippen LogP contribution in [0.2, 0.25) is 0 Å². The molecular weight excluding hydrogens is 360 g/mol. The number of hydrogen-bond acceptors (Lipinski definition) is 6. The Bertz CT molecular complexity index is 920. The summed E-state index contributed by atoms with van der Waals surface area (Å²) in [5, 5.41) is 12.4. The van der Waals surface area contributed by atoms with Crippen LogP contribution < -0.4 is 4.90 Å². The first-order valence-electron chi connectivity index (χ1n) is 9.04. The highest BCUT2D eigenvalue weighted by Crippen LogP contribution is 2.30. The molecule has 1 fully saturated rings. The molecule has 6 nitrogen and oxygen atoms in total. The Morgan fingerprint density at radius 2 is 2.19 bits per heavy atom. The second-order valence-corrected chi connectivity index (χ2v) is 7.77. The highest BCUT2D eigenvalue weighted by molar-refractivity contribution is 7.08. The Morgan fingerprint density at radius 1 is 1.30 bits per heavy atom. The van der Waals surface area contributed by atoms with Crippen molar-refractivity contribution in [2.45, 2.75) is 18.8 Å². The number of likely N-dealkylation sites (tertiary alicyclic amines) is 1. The van der Waals surface area contributed by atoms with E-state index in [9.17, 15) is 4.79 Å². The fourth-order valence-electron chi connectivity index (χ4n) is 3.37. The number of carbonyl (C=O) groups excluding carboxylic acids is 1. The molecule has 0 radical (unpaired) electrons. The SMILES string of the molecule is CN(C)c1cccc(C(=O)N2CCCC(c3nnc(-c4ccsc4)o3)C2)c1. The number of anilines is 1. The number of nitrogens with zero attached hydrogens (tertiary/aromatic N) is 4. The number of amides is 1. The minimum absolute atomic E-state index is 0.0565. The van der Waals surface area contributed by atoms with Crippen molar-refractivity contribution < 1.29 is 9.21 Å². The predicted octanol–water partition coefficient (Wildman–Crippen LogP) is 3.88. The Labute approximate surface area is 162 Å². The molecule has 1 atom stereocenters. The van der Waals surface area contributed by atoms with Gasteiger partial charge in [0.25, 0.3) is 5.91 Å². The van der Waals surface area contributed by atoms with Crippen molar-refractivity contribution in [3.63, 3.8) is 0 Å². The quantitative estimate of drug-likeness (QED) is 0.685. The van der Waals surface area contributed by atoms with E-state index in [1.54, 1.807) is 11.3 Å². The maximum absolute atomic E-state index is 13.0. The molecule has 1 aromatic carbocycles. The first-order valence-corrected chi connectivity index (χ1v) is 9.99. The topological polar surface area (TPSA) is 62.5 Å². The van der Waals surface area contributed by atoms with Gasteiger partial charge in [-0.15, -0.1) is 10.2 Å². The number of benzene rings is 1. The summed E-state index contributed by atoms with van der Waals surface area (Å²) in [6.45, 7) is 1.36. The summed E-state index contributed by atoms with van der Waals surface area (Å²) in [6, 6.07) is 9.71. The van der Waals surface area contributed by atoms with Crippen molar-refractivity contribution in [2.24, 2.45) is 0 Å². The number of piperidine rings is 1. The standard InChI is InChI=1S/C20H22N4O2S/c1-23(2)17-7-3-5-14(11-17)20(25)24-9-4-6-15(12-24)18-21-22-19(26-18)16-8-10-27-13-16/h3,5,7-8,10-11,13,15H,4,6,9,12H2,1-2H3. The van der Waals surface area contributed by atoms with Gasteiger partial charge >= 0.3 is 0 Å². The lowest BCUT2D eigenvalue weighted by atomic mass is 9.97. The number of carbonyl (C=O) groups is 1. The average molecular weight is 382 g/mol. The summed E-state index contributed by atoms with van der Waals surface area (Å²) in [6.07, 6.45) is 1.88. The Balaban J connectivity index is 1.49. The van der Waals surface area contributed by atoms with Crippen LogP contribution in [0.4, 0.5) is 5.69 Å². The zero-order chi connectivity index (χ0) is 18.8. The fourth-order valence-corrected chi connectivity index (χ4v) is 3.99. The van der Waals surface area contributed by atoms with Gasteiger partial charge < -0.3 is 14.2 Å². The molecule has 1 aliphatic rings. The first-order chi connectivity index (χ1) is 13.1. The van der Waals surface area contributed by atoms with Gasteiger partial charge in [0.15, 0.2) is 0 Å². The zero-order valence-electron chi connectivity index (χ0n) is 15.5. The highest BCUT2D eigenvalue weighted by Gasteiger charge is 2.29. The minimum atomic E-state index is 0.0565. The van der Waals surface area contributed by atoms with Crippen molar-refractivity contribution in [3.8, 4) is 11.5 Å². The molecule has 1 saturated heterocycles. The van der Waals surface area contributed by atoms with Gasteiger partial charge in [-0.25, -0.2) is 0 Å². The van der Waals surface area contributed by atoms with Crippen LogP contribution in [0, 0.1) is 0 Å². The summed E-state index contributed by atoms with van der Waals surface area (Å²) in [5.41, 5.74) is 2.68. The molecule has 7 heteroatoms. The minimum Gasteiger partial charge on any atom is -0.420 e. The molecule has 0 aliphatic carbocycles. The Kier molecular flexibility index (Phi) is 4.94. The lowest BCUT2D eigenvalue weighted by Gasteiger charge is -2.31. The molecule has 1 amide bonds. The molecule has 0 saturated carbocycles. The van der Waals surface area contributed by atoms with Gasteiger partial charge in [-0.3, -0.25) is 4.79 Å². The smallest absolute Gasteiger partial charge is 0.253 e. The highest BCUT2D eigenvalue weighted by atomic mass is 32.1. The third-order valence-corrected chi connectivity index (χ3v) is 5.56. The fraction of sp³-hybridized carbons (Fsp3) is 0.350. The molecule has 0 spiro atoms. The maximum Gasteiger partial charge on any atom is 0.253 e. The second kappa shape index (κ2) is 7.52. The third kappa shape index (κ3) is 3.73. The van der Waals surface area contributed by atoms with E-state index in [4.69, 9.17) is 4.42 Å². The van der Waals surface area contributed by atoms with Gasteiger partial charge in [0.1, 0.15) is 0 Å². The first kappa shape index (κ1) is 17.7. The van der Waals surface area contributed by atoms with Gasteiger partial charge in [-0.05, 0) is 42.5 Å². The summed E-state index contributed by atoms with van der Waals surface area (Å²) in [4.78, 5) is 16.9. The summed E-state index contributed by atoms with van der Waals surface area (Å²) < 4.78 is 5.89. The van der Waals surface area contributed by atoms with E-state index in [1.165, 1.54) is 0 Å². The van der Waals surface area contributed by atoms with E-state index in [2.05, 4.69) is 10.2 Å². The molecule has 1 unspecified atom stereocenters. The van der Waals surface area contributed by atoms with Crippen LogP contribution in [0.25, 0.3) is 11.5 Å². The van der Waals surface area contributed by atoms with E-state index in [-0.39, 0.29) is 11.8 Å². The van der Waals surface area contributed by atoms with E-state index < -0.39 is 0 Å². The number of hydrogen-bond donors (Lipinski definition) is 0. The van der Waals surface area contributed by atoms with Crippen LogP contribution in [0.1, 0.15) is 35.0 Å². The van der Waals surface area contributed by atoms with Gasteiger partial charge in [0, 0.05) is 49.4 Å². The number of thiophene rings is 1. The average Bonchev–Trinajstić information content (AvgIpc) is 3.39. The molecule has 0 N–H and O–H groups in total. The Hall–Kier alpha value is -2.67. The Morgan fingerprint density at radius 3 is 2.96 bits per heavy atom. The molecule has 3 aromatic rings. The summed E-state index contributed by atoms with van der Waals surface area (Å²) in [5.74, 6) is 1.31. The number of rotatable bonds is 4. The molecule has 0 bridgehead atoms. The van der Waals surface area contributed by atoms with Gasteiger partial charge in [0.05, 0.1) is 5.92 Å². The summed E-state index contributed by atoms with van der Waals surface area (Å²) >= 11 is 1.60. The van der Waals surface area contributed by atoms with Crippen LogP contribution >= 0.6 is 11.3 Å². The zero-order valence-corrected chi connectivity index (χ0v) is 16.3. The maximum atomic E-state index is 13.0. The lowest BCUT2D eigenvalue weighted by molar-refractivity contribution is 0.0698. The van der Waals surface area contributed by atoms with Crippen LogP contribution in [0.15, 0.2) is 45.5 Å². The van der Waals surface area contributed by atoms with Gasteiger partial charge in [0.2, 0.25) is 11.8 Å². The van der Waals surface area contributed by atoms with Gasteiger partial charge in [-0.2, -0.15) is 11.3 Å². The predicted molar refractivity (Wildman–Crippen MR) is 106 cm³/mol. The van der Waals surface area contributed by atoms with E-state index >= 15 is 0 Å². The molecule has 4 rings (SSSR count). The van der Waals surface area contributed by atoms with Gasteiger partial charge in [-0.1, -0.05) is 6.07 Å². The monoisotopic (exact) mass is 382 g/mol. The second-order valence-electron chi connectivity index (χ2n) is 6.99. The van der Waals surface area contributed by atoms with Crippen molar-refractivity contribution in [1.29, 1.82) is 0 Å². The van der Waals surface area contributed by atoms with Crippen LogP contribution in [-0.4, -0.2) is 48.2 Å². The summed E-state index contributed by atoms with van der Waals surface area (Å²) in [7, 11) is 3.95. The molecule has 27 heavy (non-hydrogen) atoms. The van der Waals surface area contributed by atoms with Crippen LogP contribution in [-0.2, 0) is 0 Å². The third-order valence-electron chi connectivity index (χ3n) is 4.88. The van der Waals surface area contributed by atoms with Crippen molar-refractivity contribution in [2.75, 3.05) is 32.1 Å². The molecule has 1 aliphatic heterocycles. The van der Waals surface area contributed by atoms with Crippen LogP contribution in [0.3, 0.4) is 0 Å². The normalized spacial score (nSPS) is 17.1. The van der Waals surface area contributed by atoms with Crippen molar-refractivity contribution in [1.82, 2.24) is 15.1 Å². The van der Waals surface area contributed by atoms with E-state index in [0.29, 0.717) is 23.9 Å². The van der Waals surface area contributed by atoms with Crippen molar-refractivity contribution >= 4 is 22.9 Å². The van der Waals surface area contributed by atoms with Crippen LogP contribution in [0.5, 0.6) is 0 Å². The molecule has 2 aromatic heterocycles.